The van der Waals surface area contributed by atoms with Crippen molar-refractivity contribution in [3.8, 4) is 11.1 Å². The summed E-state index contributed by atoms with van der Waals surface area (Å²) in [5.41, 5.74) is 8.85. The van der Waals surface area contributed by atoms with E-state index in [1.165, 1.54) is 0 Å². The first-order valence-electron chi connectivity index (χ1n) is 9.13. The number of ketones is 1. The molecule has 0 unspecified atom stereocenters. The number of aromatic nitrogens is 5. The van der Waals surface area contributed by atoms with Crippen molar-refractivity contribution in [3.05, 3.63) is 54.0 Å². The van der Waals surface area contributed by atoms with Gasteiger partial charge in [-0.1, -0.05) is 42.8 Å². The van der Waals surface area contributed by atoms with Crippen LogP contribution in [0.1, 0.15) is 44.0 Å². The largest absolute Gasteiger partial charge is 0.384 e. The molecule has 0 bridgehead atoms. The second-order valence-electron chi connectivity index (χ2n) is 6.76. The van der Waals surface area contributed by atoms with Crippen LogP contribution in [0.25, 0.3) is 11.1 Å². The summed E-state index contributed by atoms with van der Waals surface area (Å²) in [4.78, 5) is 16.4. The normalized spacial score (nSPS) is 13.3. The van der Waals surface area contributed by atoms with Crippen molar-refractivity contribution >= 4 is 11.6 Å². The summed E-state index contributed by atoms with van der Waals surface area (Å²) in [6, 6.07) is 12.0. The lowest BCUT2D eigenvalue weighted by Gasteiger charge is -2.22. The van der Waals surface area contributed by atoms with Gasteiger partial charge in [-0.2, -0.15) is 5.21 Å². The minimum absolute atomic E-state index is 0.0924. The van der Waals surface area contributed by atoms with E-state index in [0.717, 1.165) is 29.5 Å². The van der Waals surface area contributed by atoms with Crippen LogP contribution in [0.3, 0.4) is 0 Å². The number of pyridine rings is 1. The van der Waals surface area contributed by atoms with Crippen LogP contribution in [-0.2, 0) is 11.2 Å². The fraction of sp³-hybridized carbons (Fsp3) is 0.350. The van der Waals surface area contributed by atoms with E-state index in [9.17, 15) is 4.79 Å². The number of nitrogens with one attached hydrogen (secondary N) is 1. The number of aromatic amines is 1. The number of anilines is 1. The maximum Gasteiger partial charge on any atom is 0.178 e. The van der Waals surface area contributed by atoms with E-state index < -0.39 is 0 Å². The summed E-state index contributed by atoms with van der Waals surface area (Å²) in [5.74, 6) is 1.05. The molecule has 27 heavy (non-hydrogen) atoms. The van der Waals surface area contributed by atoms with Gasteiger partial charge >= 0.3 is 0 Å². The average molecular weight is 364 g/mol. The molecule has 0 spiro atoms. The summed E-state index contributed by atoms with van der Waals surface area (Å²) < 4.78 is 0. The van der Waals surface area contributed by atoms with Gasteiger partial charge in [0, 0.05) is 23.6 Å². The minimum Gasteiger partial charge on any atom is -0.384 e. The number of carbonyl (C=O) groups excluding carboxylic acids is 1. The number of carbonyl (C=O) groups is 1. The second-order valence-corrected chi connectivity index (χ2v) is 6.76. The van der Waals surface area contributed by atoms with E-state index in [0.29, 0.717) is 18.1 Å². The number of nitrogen functional groups attached to an aromatic ring is 1. The Bertz CT molecular complexity index is 859. The second kappa shape index (κ2) is 8.53. The number of H-pyrrole nitrogens is 1. The fourth-order valence-electron chi connectivity index (χ4n) is 3.40. The Morgan fingerprint density at radius 3 is 2.44 bits per heavy atom. The molecule has 140 valence electrons. The van der Waals surface area contributed by atoms with Crippen LogP contribution in [0.15, 0.2) is 42.6 Å². The lowest BCUT2D eigenvalue weighted by atomic mass is 9.81. The first-order valence-corrected chi connectivity index (χ1v) is 9.13. The Balaban J connectivity index is 1.83. The molecule has 3 N–H and O–H groups in total. The number of nitrogens with two attached hydrogens (primary N) is 1. The van der Waals surface area contributed by atoms with E-state index >= 15 is 0 Å². The van der Waals surface area contributed by atoms with Crippen molar-refractivity contribution in [3.63, 3.8) is 0 Å². The summed E-state index contributed by atoms with van der Waals surface area (Å²) >= 11 is 0. The van der Waals surface area contributed by atoms with E-state index in [1.807, 2.05) is 6.07 Å². The Hall–Kier alpha value is -3.09. The predicted octanol–water partition coefficient (Wildman–Crippen LogP) is 3.18. The van der Waals surface area contributed by atoms with E-state index in [-0.39, 0.29) is 17.6 Å². The van der Waals surface area contributed by atoms with Crippen molar-refractivity contribution in [2.45, 2.75) is 39.0 Å². The fourth-order valence-corrected chi connectivity index (χ4v) is 3.40. The molecule has 7 nitrogen and oxygen atoms in total. The van der Waals surface area contributed by atoms with E-state index in [4.69, 9.17) is 5.73 Å². The topological polar surface area (TPSA) is 110 Å². The summed E-state index contributed by atoms with van der Waals surface area (Å²) in [5, 5.41) is 14.5. The highest BCUT2D eigenvalue weighted by Crippen LogP contribution is 2.31. The van der Waals surface area contributed by atoms with Crippen molar-refractivity contribution in [1.82, 2.24) is 25.6 Å². The number of benzene rings is 1. The highest BCUT2D eigenvalue weighted by Gasteiger charge is 2.29. The van der Waals surface area contributed by atoms with Crippen molar-refractivity contribution in [2.75, 3.05) is 5.73 Å². The van der Waals surface area contributed by atoms with Gasteiger partial charge in [0.1, 0.15) is 11.6 Å². The molecule has 7 heteroatoms. The third-order valence-electron chi connectivity index (χ3n) is 4.83. The monoisotopic (exact) mass is 364 g/mol. The molecule has 2 atom stereocenters. The standard InChI is InChI=1S/C20H24N6O/c1-3-4-17(13(2)27)18(20-23-25-26-24-20)11-14-5-7-15(8-6-14)16-9-10-19(21)22-12-16/h5-10,12,17-18H,3-4,11H2,1-2H3,(H2,21,22)(H,23,24,25,26)/t17-,18+/m1/s1. The zero-order chi connectivity index (χ0) is 19.2. The number of tetrazole rings is 1. The van der Waals surface area contributed by atoms with Gasteiger partial charge in [-0.25, -0.2) is 4.98 Å². The van der Waals surface area contributed by atoms with Crippen LogP contribution < -0.4 is 5.73 Å². The molecule has 2 aromatic heterocycles. The van der Waals surface area contributed by atoms with Crippen LogP contribution in [0.4, 0.5) is 5.82 Å². The van der Waals surface area contributed by atoms with Crippen molar-refractivity contribution in [1.29, 1.82) is 0 Å². The molecular weight excluding hydrogens is 340 g/mol. The third-order valence-corrected chi connectivity index (χ3v) is 4.83. The summed E-state index contributed by atoms with van der Waals surface area (Å²) in [6.45, 7) is 3.73. The average Bonchev–Trinajstić information content (AvgIpc) is 3.20. The van der Waals surface area contributed by atoms with Gasteiger partial charge in [0.05, 0.1) is 0 Å². The SMILES string of the molecule is CCC[C@H](C(C)=O)[C@H](Cc1ccc(-c2ccc(N)nc2)cc1)c1nn[nH]n1. The van der Waals surface area contributed by atoms with Gasteiger partial charge in [0.25, 0.3) is 0 Å². The van der Waals surface area contributed by atoms with Gasteiger partial charge < -0.3 is 5.73 Å². The molecule has 3 rings (SSSR count). The molecule has 1 aromatic carbocycles. The predicted molar refractivity (Wildman–Crippen MR) is 104 cm³/mol. The maximum absolute atomic E-state index is 12.2. The van der Waals surface area contributed by atoms with Crippen LogP contribution in [0, 0.1) is 5.92 Å². The maximum atomic E-state index is 12.2. The lowest BCUT2D eigenvalue weighted by molar-refractivity contribution is -0.121. The molecule has 0 saturated heterocycles. The highest BCUT2D eigenvalue weighted by atomic mass is 16.1. The first kappa shape index (κ1) is 18.7. The summed E-state index contributed by atoms with van der Waals surface area (Å²) in [7, 11) is 0. The molecule has 2 heterocycles. The van der Waals surface area contributed by atoms with Gasteiger partial charge in [-0.3, -0.25) is 4.79 Å². The lowest BCUT2D eigenvalue weighted by Crippen LogP contribution is -2.23. The number of hydrogen-bond acceptors (Lipinski definition) is 6. The molecular formula is C20H24N6O. The Kier molecular flexibility index (Phi) is 5.90. The minimum atomic E-state index is -0.117. The smallest absolute Gasteiger partial charge is 0.178 e. The zero-order valence-electron chi connectivity index (χ0n) is 15.6. The van der Waals surface area contributed by atoms with Gasteiger partial charge in [-0.05, 0) is 43.0 Å². The first-order chi connectivity index (χ1) is 13.1. The molecule has 0 fully saturated rings. The molecule has 0 saturated carbocycles. The van der Waals surface area contributed by atoms with Crippen LogP contribution in [-0.4, -0.2) is 31.4 Å². The van der Waals surface area contributed by atoms with Gasteiger partial charge in [0.15, 0.2) is 5.82 Å². The molecule has 0 aliphatic carbocycles. The zero-order valence-corrected chi connectivity index (χ0v) is 15.6. The van der Waals surface area contributed by atoms with Crippen molar-refractivity contribution in [2.24, 2.45) is 5.92 Å². The molecule has 0 radical (unpaired) electrons. The van der Waals surface area contributed by atoms with Crippen LogP contribution in [0.2, 0.25) is 0 Å². The third kappa shape index (κ3) is 4.55. The van der Waals surface area contributed by atoms with Gasteiger partial charge in [0.2, 0.25) is 0 Å². The molecule has 0 amide bonds. The van der Waals surface area contributed by atoms with Crippen LogP contribution in [0.5, 0.6) is 0 Å². The Morgan fingerprint density at radius 1 is 1.15 bits per heavy atom. The van der Waals surface area contributed by atoms with Crippen molar-refractivity contribution < 1.29 is 4.79 Å². The number of rotatable bonds is 8. The summed E-state index contributed by atoms with van der Waals surface area (Å²) in [6.07, 6.45) is 4.19. The molecule has 0 aliphatic heterocycles. The highest BCUT2D eigenvalue weighted by molar-refractivity contribution is 5.79. The number of nitrogens with zero attached hydrogens (tertiary/aromatic N) is 4. The van der Waals surface area contributed by atoms with Gasteiger partial charge in [-0.15, -0.1) is 10.2 Å². The molecule has 3 aromatic rings. The number of Topliss-reactive ketones (excluding diaryl/α,β-unsaturated/α-hetero) is 1. The number of hydrogen-bond donors (Lipinski definition) is 2. The van der Waals surface area contributed by atoms with E-state index in [2.05, 4.69) is 56.8 Å². The Labute approximate surface area is 158 Å². The van der Waals surface area contributed by atoms with Crippen LogP contribution >= 0.6 is 0 Å². The molecule has 0 aliphatic rings. The quantitative estimate of drug-likeness (QED) is 0.635. The van der Waals surface area contributed by atoms with E-state index in [1.54, 1.807) is 19.2 Å². The Morgan fingerprint density at radius 2 is 1.89 bits per heavy atom.